The van der Waals surface area contributed by atoms with Crippen molar-refractivity contribution in [2.75, 3.05) is 6.61 Å². The van der Waals surface area contributed by atoms with E-state index in [-0.39, 0.29) is 12.6 Å². The molecule has 0 unspecified atom stereocenters. The summed E-state index contributed by atoms with van der Waals surface area (Å²) >= 11 is 0. The molecule has 10 heavy (non-hydrogen) atoms. The first kappa shape index (κ1) is 9.19. The normalized spacial score (nSPS) is 13.4. The van der Waals surface area contributed by atoms with Crippen LogP contribution < -0.4 is 17.0 Å². The molecular formula is C5H14N4O. The van der Waals surface area contributed by atoms with Crippen LogP contribution in [0.2, 0.25) is 0 Å². The van der Waals surface area contributed by atoms with Crippen LogP contribution in [0, 0.1) is 0 Å². The lowest BCUT2D eigenvalue weighted by atomic mass is 10.1. The van der Waals surface area contributed by atoms with Crippen LogP contribution in [0.15, 0.2) is 4.99 Å². The van der Waals surface area contributed by atoms with Gasteiger partial charge in [-0.05, 0) is 13.8 Å². The summed E-state index contributed by atoms with van der Waals surface area (Å²) in [7, 11) is 0. The highest BCUT2D eigenvalue weighted by Crippen LogP contribution is 2.05. The van der Waals surface area contributed by atoms with Gasteiger partial charge in [-0.2, -0.15) is 0 Å². The van der Waals surface area contributed by atoms with Gasteiger partial charge in [0.25, 0.3) is 0 Å². The van der Waals surface area contributed by atoms with Crippen molar-refractivity contribution in [1.82, 2.24) is 5.43 Å². The summed E-state index contributed by atoms with van der Waals surface area (Å²) in [5, 5.41) is 8.71. The van der Waals surface area contributed by atoms with Gasteiger partial charge in [0.05, 0.1) is 12.1 Å². The second-order valence-corrected chi connectivity index (χ2v) is 2.61. The predicted molar refractivity (Wildman–Crippen MR) is 40.1 cm³/mol. The zero-order chi connectivity index (χ0) is 8.20. The molecule has 60 valence electrons. The number of rotatable bonds is 2. The predicted octanol–water partition coefficient (Wildman–Crippen LogP) is -1.46. The first-order chi connectivity index (χ1) is 4.52. The minimum absolute atomic E-state index is 0.0601. The van der Waals surface area contributed by atoms with E-state index < -0.39 is 5.54 Å². The summed E-state index contributed by atoms with van der Waals surface area (Å²) < 4.78 is 0. The van der Waals surface area contributed by atoms with Crippen molar-refractivity contribution in [1.29, 1.82) is 0 Å². The molecule has 0 saturated heterocycles. The molecule has 0 aromatic heterocycles. The molecule has 5 heteroatoms. The average Bonchev–Trinajstić information content (AvgIpc) is 1.87. The van der Waals surface area contributed by atoms with Gasteiger partial charge in [0.15, 0.2) is 0 Å². The number of aliphatic hydroxyl groups excluding tert-OH is 1. The van der Waals surface area contributed by atoms with E-state index in [4.69, 9.17) is 16.7 Å². The van der Waals surface area contributed by atoms with Crippen LogP contribution in [-0.2, 0) is 0 Å². The number of hydrogen-bond acceptors (Lipinski definition) is 3. The van der Waals surface area contributed by atoms with E-state index in [0.29, 0.717) is 0 Å². The lowest BCUT2D eigenvalue weighted by molar-refractivity contribution is 0.222. The molecule has 0 heterocycles. The maximum Gasteiger partial charge on any atom is 0.203 e. The number of aliphatic imine (C=N–C) groups is 1. The maximum atomic E-state index is 8.71. The highest BCUT2D eigenvalue weighted by Gasteiger charge is 2.14. The Labute approximate surface area is 60.1 Å². The topological polar surface area (TPSA) is 96.7 Å². The average molecular weight is 146 g/mol. The van der Waals surface area contributed by atoms with Crippen molar-refractivity contribution in [3.8, 4) is 0 Å². The first-order valence-electron chi connectivity index (χ1n) is 2.94. The highest BCUT2D eigenvalue weighted by atomic mass is 16.3. The van der Waals surface area contributed by atoms with Gasteiger partial charge in [0, 0.05) is 0 Å². The fourth-order valence-electron chi connectivity index (χ4n) is 0.394. The molecule has 0 bridgehead atoms. The third kappa shape index (κ3) is 3.26. The van der Waals surface area contributed by atoms with Crippen molar-refractivity contribution in [3.63, 3.8) is 0 Å². The Kier molecular flexibility index (Phi) is 3.11. The Hall–Kier alpha value is -0.810. The van der Waals surface area contributed by atoms with Gasteiger partial charge >= 0.3 is 0 Å². The maximum absolute atomic E-state index is 8.71. The summed E-state index contributed by atoms with van der Waals surface area (Å²) in [6, 6.07) is 0. The number of nitrogens with zero attached hydrogens (tertiary/aromatic N) is 1. The van der Waals surface area contributed by atoms with Gasteiger partial charge in [-0.3, -0.25) is 5.43 Å². The summed E-state index contributed by atoms with van der Waals surface area (Å²) in [4.78, 5) is 3.85. The van der Waals surface area contributed by atoms with Gasteiger partial charge in [0.1, 0.15) is 0 Å². The van der Waals surface area contributed by atoms with Crippen LogP contribution in [0.3, 0.4) is 0 Å². The second-order valence-electron chi connectivity index (χ2n) is 2.61. The molecule has 0 rings (SSSR count). The lowest BCUT2D eigenvalue weighted by Gasteiger charge is -2.16. The molecular weight excluding hydrogens is 132 g/mol. The minimum atomic E-state index is -0.559. The number of nitrogens with one attached hydrogen (secondary N) is 1. The van der Waals surface area contributed by atoms with E-state index in [1.807, 2.05) is 0 Å². The zero-order valence-electron chi connectivity index (χ0n) is 6.26. The monoisotopic (exact) mass is 146 g/mol. The van der Waals surface area contributed by atoms with E-state index in [9.17, 15) is 0 Å². The summed E-state index contributed by atoms with van der Waals surface area (Å²) in [6.45, 7) is 3.43. The molecule has 0 aliphatic rings. The van der Waals surface area contributed by atoms with Crippen molar-refractivity contribution < 1.29 is 5.11 Å². The van der Waals surface area contributed by atoms with Crippen LogP contribution in [0.1, 0.15) is 13.8 Å². The van der Waals surface area contributed by atoms with Crippen LogP contribution in [0.25, 0.3) is 0 Å². The molecule has 0 spiro atoms. The fourth-order valence-corrected chi connectivity index (χ4v) is 0.394. The largest absolute Gasteiger partial charge is 0.394 e. The Morgan fingerprint density at radius 2 is 2.20 bits per heavy atom. The smallest absolute Gasteiger partial charge is 0.203 e. The van der Waals surface area contributed by atoms with Gasteiger partial charge in [-0.1, -0.05) is 0 Å². The Morgan fingerprint density at radius 1 is 1.70 bits per heavy atom. The van der Waals surface area contributed by atoms with Crippen LogP contribution in [0.4, 0.5) is 0 Å². The third-order valence-corrected chi connectivity index (χ3v) is 0.958. The number of aliphatic hydroxyl groups is 1. The molecule has 0 amide bonds. The highest BCUT2D eigenvalue weighted by molar-refractivity contribution is 5.77. The molecule has 0 aromatic rings. The Bertz CT molecular complexity index is 132. The van der Waals surface area contributed by atoms with E-state index in [1.54, 1.807) is 13.8 Å². The summed E-state index contributed by atoms with van der Waals surface area (Å²) in [5.41, 5.74) is 6.85. The summed E-state index contributed by atoms with van der Waals surface area (Å²) in [5.74, 6) is 5.07. The molecule has 0 radical (unpaired) electrons. The molecule has 0 atom stereocenters. The first-order valence-corrected chi connectivity index (χ1v) is 2.94. The molecule has 0 aliphatic carbocycles. The van der Waals surface area contributed by atoms with Gasteiger partial charge < -0.3 is 10.8 Å². The number of hydrogen-bond donors (Lipinski definition) is 4. The lowest BCUT2D eigenvalue weighted by Crippen LogP contribution is -2.40. The standard InChI is InChI=1S/C5H14N4O/c1-5(2,3-10)8-4(6)9-7/h10H,3,7H2,1-2H3,(H3,6,8,9). The minimum Gasteiger partial charge on any atom is -0.394 e. The van der Waals surface area contributed by atoms with Gasteiger partial charge in [-0.15, -0.1) is 0 Å². The fraction of sp³-hybridized carbons (Fsp3) is 0.800. The van der Waals surface area contributed by atoms with Gasteiger partial charge in [0.2, 0.25) is 5.96 Å². The van der Waals surface area contributed by atoms with Crippen molar-refractivity contribution in [3.05, 3.63) is 0 Å². The van der Waals surface area contributed by atoms with Crippen LogP contribution >= 0.6 is 0 Å². The van der Waals surface area contributed by atoms with Gasteiger partial charge in [-0.25, -0.2) is 10.8 Å². The Balaban J connectivity index is 4.09. The van der Waals surface area contributed by atoms with Crippen molar-refractivity contribution in [2.24, 2.45) is 16.6 Å². The number of nitrogens with two attached hydrogens (primary N) is 2. The quantitative estimate of drug-likeness (QED) is 0.165. The van der Waals surface area contributed by atoms with E-state index in [0.717, 1.165) is 0 Å². The third-order valence-electron chi connectivity index (χ3n) is 0.958. The van der Waals surface area contributed by atoms with Crippen LogP contribution in [-0.4, -0.2) is 23.2 Å². The van der Waals surface area contributed by atoms with E-state index in [1.165, 1.54) is 0 Å². The van der Waals surface area contributed by atoms with E-state index in [2.05, 4.69) is 10.4 Å². The van der Waals surface area contributed by atoms with Crippen molar-refractivity contribution in [2.45, 2.75) is 19.4 Å². The number of guanidine groups is 1. The molecule has 0 saturated carbocycles. The van der Waals surface area contributed by atoms with Crippen molar-refractivity contribution >= 4 is 5.96 Å². The second kappa shape index (κ2) is 3.38. The molecule has 0 aromatic carbocycles. The molecule has 0 aliphatic heterocycles. The van der Waals surface area contributed by atoms with E-state index >= 15 is 0 Å². The Morgan fingerprint density at radius 3 is 2.50 bits per heavy atom. The molecule has 0 fully saturated rings. The number of hydrazine groups is 1. The molecule has 6 N–H and O–H groups in total. The SMILES string of the molecule is CC(C)(CO)N=C(N)NN. The van der Waals surface area contributed by atoms with Crippen LogP contribution in [0.5, 0.6) is 0 Å². The summed E-state index contributed by atoms with van der Waals surface area (Å²) in [6.07, 6.45) is 0. The molecule has 5 nitrogen and oxygen atoms in total. The zero-order valence-corrected chi connectivity index (χ0v) is 6.26.